The van der Waals surface area contributed by atoms with E-state index in [-0.39, 0.29) is 18.6 Å². The summed E-state index contributed by atoms with van der Waals surface area (Å²) < 4.78 is 11.7. The lowest BCUT2D eigenvalue weighted by molar-refractivity contribution is -0.117. The highest BCUT2D eigenvalue weighted by atomic mass is 35.5. The van der Waals surface area contributed by atoms with Crippen molar-refractivity contribution >= 4 is 23.2 Å². The first-order valence-corrected chi connectivity index (χ1v) is 9.09. The van der Waals surface area contributed by atoms with Crippen molar-refractivity contribution in [2.45, 2.75) is 20.0 Å². The van der Waals surface area contributed by atoms with E-state index in [2.05, 4.69) is 5.32 Å². The third kappa shape index (κ3) is 4.68. The Kier molecular flexibility index (Phi) is 6.01. The summed E-state index contributed by atoms with van der Waals surface area (Å²) in [5, 5.41) is 3.41. The molecule has 0 spiro atoms. The van der Waals surface area contributed by atoms with E-state index in [0.717, 1.165) is 23.6 Å². The van der Waals surface area contributed by atoms with Gasteiger partial charge in [-0.2, -0.15) is 0 Å². The second-order valence-electron chi connectivity index (χ2n) is 6.36. The molecule has 26 heavy (non-hydrogen) atoms. The number of benzene rings is 2. The summed E-state index contributed by atoms with van der Waals surface area (Å²) in [4.78, 5) is 14.4. The summed E-state index contributed by atoms with van der Waals surface area (Å²) in [7, 11) is 0. The van der Waals surface area contributed by atoms with Gasteiger partial charge in [-0.15, -0.1) is 0 Å². The van der Waals surface area contributed by atoms with Crippen LogP contribution in [0.1, 0.15) is 12.5 Å². The van der Waals surface area contributed by atoms with Crippen LogP contribution in [-0.2, 0) is 4.79 Å². The van der Waals surface area contributed by atoms with Gasteiger partial charge in [0.2, 0.25) is 5.91 Å². The maximum absolute atomic E-state index is 12.4. The van der Waals surface area contributed by atoms with Crippen molar-refractivity contribution in [3.63, 3.8) is 0 Å². The van der Waals surface area contributed by atoms with Crippen LogP contribution >= 0.6 is 11.6 Å². The molecule has 6 heteroatoms. The maximum Gasteiger partial charge on any atom is 0.238 e. The molecule has 1 aliphatic heterocycles. The SMILES string of the molecule is CCN(CC(=O)Nc1ccc(C)cc1Cl)CC1COc2ccccc2O1. The van der Waals surface area contributed by atoms with Gasteiger partial charge in [0.25, 0.3) is 0 Å². The molecular weight excluding hydrogens is 352 g/mol. The molecule has 138 valence electrons. The van der Waals surface area contributed by atoms with Crippen LogP contribution in [0.25, 0.3) is 0 Å². The van der Waals surface area contributed by atoms with Gasteiger partial charge in [0.15, 0.2) is 11.5 Å². The van der Waals surface area contributed by atoms with Crippen LogP contribution in [-0.4, -0.2) is 43.2 Å². The van der Waals surface area contributed by atoms with E-state index in [1.54, 1.807) is 0 Å². The Labute approximate surface area is 158 Å². The first-order chi connectivity index (χ1) is 12.5. The minimum Gasteiger partial charge on any atom is -0.486 e. The molecule has 5 nitrogen and oxygen atoms in total. The lowest BCUT2D eigenvalue weighted by Gasteiger charge is -2.30. The van der Waals surface area contributed by atoms with E-state index >= 15 is 0 Å². The molecule has 0 bridgehead atoms. The lowest BCUT2D eigenvalue weighted by Crippen LogP contribution is -2.43. The monoisotopic (exact) mass is 374 g/mol. The van der Waals surface area contributed by atoms with Crippen LogP contribution in [0.5, 0.6) is 11.5 Å². The van der Waals surface area contributed by atoms with Crippen molar-refractivity contribution in [3.8, 4) is 11.5 Å². The Morgan fingerprint density at radius 1 is 1.27 bits per heavy atom. The van der Waals surface area contributed by atoms with Gasteiger partial charge in [0.1, 0.15) is 12.7 Å². The van der Waals surface area contributed by atoms with Gasteiger partial charge in [-0.1, -0.05) is 36.7 Å². The third-order valence-electron chi connectivity index (χ3n) is 4.24. The largest absolute Gasteiger partial charge is 0.486 e. The summed E-state index contributed by atoms with van der Waals surface area (Å²) in [6, 6.07) is 13.2. The summed E-state index contributed by atoms with van der Waals surface area (Å²) in [6.07, 6.45) is -0.111. The highest BCUT2D eigenvalue weighted by Crippen LogP contribution is 2.31. The molecule has 1 amide bonds. The lowest BCUT2D eigenvalue weighted by atomic mass is 10.2. The molecule has 1 N–H and O–H groups in total. The first kappa shape index (κ1) is 18.5. The van der Waals surface area contributed by atoms with Gasteiger partial charge < -0.3 is 14.8 Å². The van der Waals surface area contributed by atoms with E-state index < -0.39 is 0 Å². The number of carbonyl (C=O) groups is 1. The third-order valence-corrected chi connectivity index (χ3v) is 4.56. The predicted molar refractivity (Wildman–Crippen MR) is 103 cm³/mol. The fraction of sp³-hybridized carbons (Fsp3) is 0.350. The molecular formula is C20H23ClN2O3. The minimum atomic E-state index is -0.111. The number of nitrogens with zero attached hydrogens (tertiary/aromatic N) is 1. The van der Waals surface area contributed by atoms with Crippen LogP contribution in [0.2, 0.25) is 5.02 Å². The number of para-hydroxylation sites is 2. The molecule has 0 saturated heterocycles. The predicted octanol–water partition coefficient (Wildman–Crippen LogP) is 3.75. The number of hydrogen-bond donors (Lipinski definition) is 1. The molecule has 0 radical (unpaired) electrons. The molecule has 1 aliphatic rings. The molecule has 2 aromatic carbocycles. The number of rotatable bonds is 6. The maximum atomic E-state index is 12.4. The van der Waals surface area contributed by atoms with E-state index in [4.69, 9.17) is 21.1 Å². The topological polar surface area (TPSA) is 50.8 Å². The van der Waals surface area contributed by atoms with Gasteiger partial charge in [-0.25, -0.2) is 0 Å². The Morgan fingerprint density at radius 2 is 2.04 bits per heavy atom. The fourth-order valence-electron chi connectivity index (χ4n) is 2.86. The zero-order valence-electron chi connectivity index (χ0n) is 15.0. The van der Waals surface area contributed by atoms with Crippen molar-refractivity contribution in [1.29, 1.82) is 0 Å². The van der Waals surface area contributed by atoms with Crippen LogP contribution in [0.15, 0.2) is 42.5 Å². The first-order valence-electron chi connectivity index (χ1n) is 8.72. The standard InChI is InChI=1S/C20H23ClN2O3/c1-3-23(11-15-13-25-18-6-4-5-7-19(18)26-15)12-20(24)22-17-9-8-14(2)10-16(17)21/h4-10,15H,3,11-13H2,1-2H3,(H,22,24). The zero-order valence-corrected chi connectivity index (χ0v) is 15.8. The van der Waals surface area contributed by atoms with Gasteiger partial charge in [-0.3, -0.25) is 9.69 Å². The molecule has 0 fully saturated rings. The number of hydrogen-bond acceptors (Lipinski definition) is 4. The summed E-state index contributed by atoms with van der Waals surface area (Å²) in [5.41, 5.74) is 1.68. The average molecular weight is 375 g/mol. The van der Waals surface area contributed by atoms with E-state index in [1.165, 1.54) is 0 Å². The van der Waals surface area contributed by atoms with Crippen LogP contribution < -0.4 is 14.8 Å². The minimum absolute atomic E-state index is 0.102. The number of carbonyl (C=O) groups excluding carboxylic acids is 1. The quantitative estimate of drug-likeness (QED) is 0.836. The molecule has 1 heterocycles. The Bertz CT molecular complexity index is 781. The smallest absolute Gasteiger partial charge is 0.238 e. The second kappa shape index (κ2) is 8.43. The molecule has 2 aromatic rings. The molecule has 3 rings (SSSR count). The van der Waals surface area contributed by atoms with E-state index in [1.807, 2.05) is 61.2 Å². The van der Waals surface area contributed by atoms with Gasteiger partial charge in [0, 0.05) is 6.54 Å². The number of aryl methyl sites for hydroxylation is 1. The van der Waals surface area contributed by atoms with E-state index in [9.17, 15) is 4.79 Å². The number of anilines is 1. The van der Waals surface area contributed by atoms with Crippen molar-refractivity contribution in [1.82, 2.24) is 4.90 Å². The van der Waals surface area contributed by atoms with Crippen LogP contribution in [0, 0.1) is 6.92 Å². The molecule has 0 aromatic heterocycles. The molecule has 1 atom stereocenters. The number of ether oxygens (including phenoxy) is 2. The average Bonchev–Trinajstić information content (AvgIpc) is 2.63. The summed E-state index contributed by atoms with van der Waals surface area (Å²) in [5.74, 6) is 1.41. The number of amides is 1. The zero-order chi connectivity index (χ0) is 18.5. The Balaban J connectivity index is 1.55. The fourth-order valence-corrected chi connectivity index (χ4v) is 3.14. The van der Waals surface area contributed by atoms with Crippen molar-refractivity contribution in [2.24, 2.45) is 0 Å². The second-order valence-corrected chi connectivity index (χ2v) is 6.76. The molecule has 0 saturated carbocycles. The highest BCUT2D eigenvalue weighted by molar-refractivity contribution is 6.33. The molecule has 1 unspecified atom stereocenters. The molecule has 0 aliphatic carbocycles. The number of likely N-dealkylation sites (N-methyl/N-ethyl adjacent to an activating group) is 1. The van der Waals surface area contributed by atoms with E-state index in [0.29, 0.717) is 23.9 Å². The van der Waals surface area contributed by atoms with Crippen LogP contribution in [0.4, 0.5) is 5.69 Å². The number of nitrogens with one attached hydrogen (secondary N) is 1. The summed E-state index contributed by atoms with van der Waals surface area (Å²) >= 11 is 6.18. The van der Waals surface area contributed by atoms with Gasteiger partial charge in [-0.05, 0) is 43.3 Å². The Hall–Kier alpha value is -2.24. The number of halogens is 1. The van der Waals surface area contributed by atoms with Crippen molar-refractivity contribution in [2.75, 3.05) is 31.6 Å². The van der Waals surface area contributed by atoms with Crippen molar-refractivity contribution in [3.05, 3.63) is 53.1 Å². The van der Waals surface area contributed by atoms with Gasteiger partial charge in [0.05, 0.1) is 17.3 Å². The van der Waals surface area contributed by atoms with Crippen LogP contribution in [0.3, 0.4) is 0 Å². The summed E-state index contributed by atoms with van der Waals surface area (Å²) in [6.45, 7) is 6.06. The number of fused-ring (bicyclic) bond motifs is 1. The Morgan fingerprint density at radius 3 is 2.77 bits per heavy atom. The van der Waals surface area contributed by atoms with Crippen molar-refractivity contribution < 1.29 is 14.3 Å². The highest BCUT2D eigenvalue weighted by Gasteiger charge is 2.23. The normalized spacial score (nSPS) is 15.8. The van der Waals surface area contributed by atoms with Gasteiger partial charge >= 0.3 is 0 Å².